The van der Waals surface area contributed by atoms with Gasteiger partial charge >= 0.3 is 0 Å². The van der Waals surface area contributed by atoms with E-state index in [1.165, 1.54) is 22.9 Å². The Morgan fingerprint density at radius 3 is 2.47 bits per heavy atom. The molecular formula is C24H20N6OS. The van der Waals surface area contributed by atoms with E-state index in [2.05, 4.69) is 61.9 Å². The van der Waals surface area contributed by atoms with Crippen LogP contribution < -0.4 is 0 Å². The minimum Gasteiger partial charge on any atom is -0.334 e. The summed E-state index contributed by atoms with van der Waals surface area (Å²) in [6, 6.07) is 19.9. The van der Waals surface area contributed by atoms with Crippen LogP contribution in [0.25, 0.3) is 28.5 Å². The van der Waals surface area contributed by atoms with Crippen molar-refractivity contribution in [3.8, 4) is 28.5 Å². The van der Waals surface area contributed by atoms with Crippen molar-refractivity contribution >= 4 is 11.8 Å². The molecular weight excluding hydrogens is 420 g/mol. The van der Waals surface area contributed by atoms with Gasteiger partial charge in [0.2, 0.25) is 0 Å². The number of hydrogen-bond acceptors (Lipinski definition) is 7. The van der Waals surface area contributed by atoms with Crippen molar-refractivity contribution < 1.29 is 4.52 Å². The number of pyridine rings is 1. The smallest absolute Gasteiger partial charge is 0.257 e. The Balaban J connectivity index is 1.47. The van der Waals surface area contributed by atoms with Gasteiger partial charge in [-0.15, -0.1) is 10.2 Å². The largest absolute Gasteiger partial charge is 0.334 e. The maximum Gasteiger partial charge on any atom is 0.257 e. The number of hydrogen-bond donors (Lipinski definition) is 0. The van der Waals surface area contributed by atoms with Gasteiger partial charge in [-0.25, -0.2) is 0 Å². The van der Waals surface area contributed by atoms with E-state index in [0.29, 0.717) is 17.5 Å². The monoisotopic (exact) mass is 440 g/mol. The van der Waals surface area contributed by atoms with Crippen LogP contribution in [0.1, 0.15) is 17.0 Å². The van der Waals surface area contributed by atoms with Crippen LogP contribution in [0.2, 0.25) is 0 Å². The summed E-state index contributed by atoms with van der Waals surface area (Å²) >= 11 is 1.52. The Morgan fingerprint density at radius 2 is 1.69 bits per heavy atom. The molecule has 0 aliphatic carbocycles. The number of thioether (sulfide) groups is 1. The molecule has 2 aromatic carbocycles. The summed E-state index contributed by atoms with van der Waals surface area (Å²) in [7, 11) is 0. The predicted octanol–water partition coefficient (Wildman–Crippen LogP) is 5.29. The van der Waals surface area contributed by atoms with Crippen LogP contribution in [0.5, 0.6) is 0 Å². The first-order chi connectivity index (χ1) is 15.7. The number of nitrogens with zero attached hydrogens (tertiary/aromatic N) is 6. The van der Waals surface area contributed by atoms with Crippen LogP contribution in [-0.2, 0) is 5.75 Å². The molecule has 0 N–H and O–H groups in total. The molecule has 0 bridgehead atoms. The van der Waals surface area contributed by atoms with Crippen molar-refractivity contribution in [3.05, 3.63) is 90.0 Å². The van der Waals surface area contributed by atoms with E-state index in [1.54, 1.807) is 12.4 Å². The second-order valence-corrected chi connectivity index (χ2v) is 8.26. The van der Waals surface area contributed by atoms with Gasteiger partial charge in [0.25, 0.3) is 5.89 Å². The number of rotatable bonds is 6. The SMILES string of the molecule is Cc1ccc(-n2c(SCc3noc(-c4ccccc4)n3)nnc2-c2ccncc2)cc1C. The van der Waals surface area contributed by atoms with Gasteiger partial charge in [0.15, 0.2) is 16.8 Å². The second-order valence-electron chi connectivity index (χ2n) is 7.32. The van der Waals surface area contributed by atoms with Gasteiger partial charge in [-0.1, -0.05) is 41.2 Å². The molecule has 8 heteroatoms. The van der Waals surface area contributed by atoms with Gasteiger partial charge in [-0.3, -0.25) is 9.55 Å². The molecule has 0 amide bonds. The molecule has 5 rings (SSSR count). The van der Waals surface area contributed by atoms with Gasteiger partial charge in [0.05, 0.1) is 11.4 Å². The molecule has 0 aliphatic heterocycles. The van der Waals surface area contributed by atoms with Gasteiger partial charge < -0.3 is 4.52 Å². The van der Waals surface area contributed by atoms with E-state index in [-0.39, 0.29) is 0 Å². The minimum atomic E-state index is 0.509. The number of aryl methyl sites for hydroxylation is 2. The Morgan fingerprint density at radius 1 is 0.875 bits per heavy atom. The van der Waals surface area contributed by atoms with Gasteiger partial charge in [0, 0.05) is 23.5 Å². The van der Waals surface area contributed by atoms with Crippen LogP contribution in [0.15, 0.2) is 82.7 Å². The molecule has 0 fully saturated rings. The summed E-state index contributed by atoms with van der Waals surface area (Å²) in [5, 5.41) is 13.8. The maximum absolute atomic E-state index is 5.43. The first kappa shape index (κ1) is 20.1. The lowest BCUT2D eigenvalue weighted by molar-refractivity contribution is 0.425. The normalized spacial score (nSPS) is 11.1. The van der Waals surface area contributed by atoms with E-state index in [1.807, 2.05) is 42.5 Å². The Bertz CT molecular complexity index is 1350. The highest BCUT2D eigenvalue weighted by atomic mass is 32.2. The van der Waals surface area contributed by atoms with Crippen LogP contribution >= 0.6 is 11.8 Å². The topological polar surface area (TPSA) is 82.5 Å². The molecule has 5 aromatic rings. The Labute approximate surface area is 189 Å². The van der Waals surface area contributed by atoms with Crippen molar-refractivity contribution in [2.75, 3.05) is 0 Å². The molecule has 0 saturated heterocycles. The molecule has 0 spiro atoms. The summed E-state index contributed by atoms with van der Waals surface area (Å²) in [6.45, 7) is 4.21. The zero-order valence-electron chi connectivity index (χ0n) is 17.6. The van der Waals surface area contributed by atoms with Crippen molar-refractivity contribution in [3.63, 3.8) is 0 Å². The fraction of sp³-hybridized carbons (Fsp3) is 0.125. The van der Waals surface area contributed by atoms with E-state index >= 15 is 0 Å². The second kappa shape index (κ2) is 8.76. The van der Waals surface area contributed by atoms with Gasteiger partial charge in [0.1, 0.15) is 0 Å². The van der Waals surface area contributed by atoms with Crippen LogP contribution in [0.4, 0.5) is 0 Å². The first-order valence-electron chi connectivity index (χ1n) is 10.1. The summed E-state index contributed by atoms with van der Waals surface area (Å²) in [5.74, 6) is 2.38. The summed E-state index contributed by atoms with van der Waals surface area (Å²) in [6.07, 6.45) is 3.51. The lowest BCUT2D eigenvalue weighted by Gasteiger charge is -2.12. The zero-order chi connectivity index (χ0) is 21.9. The molecule has 7 nitrogen and oxygen atoms in total. The third-order valence-corrected chi connectivity index (χ3v) is 6.06. The molecule has 0 saturated carbocycles. The van der Waals surface area contributed by atoms with Crippen LogP contribution in [0.3, 0.4) is 0 Å². The van der Waals surface area contributed by atoms with Crippen molar-refractivity contribution in [2.45, 2.75) is 24.8 Å². The molecule has 0 unspecified atom stereocenters. The van der Waals surface area contributed by atoms with Crippen LogP contribution in [-0.4, -0.2) is 29.9 Å². The highest BCUT2D eigenvalue weighted by molar-refractivity contribution is 7.98. The van der Waals surface area contributed by atoms with Gasteiger partial charge in [-0.05, 0) is 61.4 Å². The van der Waals surface area contributed by atoms with E-state index in [0.717, 1.165) is 27.8 Å². The standard InChI is InChI=1S/C24H20N6OS/c1-16-8-9-20(14-17(16)2)30-22(18-10-12-25-13-11-18)27-28-24(30)32-15-21-26-23(31-29-21)19-6-4-3-5-7-19/h3-14H,15H2,1-2H3. The van der Waals surface area contributed by atoms with Gasteiger partial charge in [-0.2, -0.15) is 4.98 Å². The van der Waals surface area contributed by atoms with E-state index < -0.39 is 0 Å². The average molecular weight is 441 g/mol. The quantitative estimate of drug-likeness (QED) is 0.332. The molecule has 0 radical (unpaired) electrons. The predicted molar refractivity (Wildman–Crippen MR) is 123 cm³/mol. The summed E-state index contributed by atoms with van der Waals surface area (Å²) < 4.78 is 7.49. The average Bonchev–Trinajstić information content (AvgIpc) is 3.48. The highest BCUT2D eigenvalue weighted by Gasteiger charge is 2.18. The van der Waals surface area contributed by atoms with Crippen molar-refractivity contribution in [1.29, 1.82) is 0 Å². The maximum atomic E-state index is 5.43. The van der Waals surface area contributed by atoms with Crippen LogP contribution in [0, 0.1) is 13.8 Å². The Hall–Kier alpha value is -3.78. The molecule has 3 aromatic heterocycles. The third kappa shape index (κ3) is 4.04. The molecule has 0 atom stereocenters. The molecule has 32 heavy (non-hydrogen) atoms. The summed E-state index contributed by atoms with van der Waals surface area (Å²) in [4.78, 5) is 8.64. The minimum absolute atomic E-state index is 0.509. The van der Waals surface area contributed by atoms with E-state index in [4.69, 9.17) is 4.52 Å². The lowest BCUT2D eigenvalue weighted by Crippen LogP contribution is -2.01. The lowest BCUT2D eigenvalue weighted by atomic mass is 10.1. The molecule has 3 heterocycles. The third-order valence-electron chi connectivity index (χ3n) is 5.14. The first-order valence-corrected chi connectivity index (χ1v) is 11.1. The molecule has 0 aliphatic rings. The van der Waals surface area contributed by atoms with Crippen molar-refractivity contribution in [2.24, 2.45) is 0 Å². The zero-order valence-corrected chi connectivity index (χ0v) is 18.5. The van der Waals surface area contributed by atoms with E-state index in [9.17, 15) is 0 Å². The molecule has 158 valence electrons. The number of benzene rings is 2. The highest BCUT2D eigenvalue weighted by Crippen LogP contribution is 2.30. The fourth-order valence-corrected chi connectivity index (χ4v) is 4.08. The Kier molecular flexibility index (Phi) is 5.51. The van der Waals surface area contributed by atoms with Crippen molar-refractivity contribution in [1.82, 2.24) is 29.9 Å². The summed E-state index contributed by atoms with van der Waals surface area (Å²) in [5.41, 5.74) is 5.30. The fourth-order valence-electron chi connectivity index (χ4n) is 3.29. The number of aromatic nitrogens is 6.